The quantitative estimate of drug-likeness (QED) is 0.636. The van der Waals surface area contributed by atoms with Gasteiger partial charge in [-0.1, -0.05) is 26.2 Å². The molecular weight excluding hydrogens is 232 g/mol. The highest BCUT2D eigenvalue weighted by Crippen LogP contribution is 2.37. The van der Waals surface area contributed by atoms with Crippen LogP contribution < -0.4 is 11.1 Å². The van der Waals surface area contributed by atoms with Gasteiger partial charge < -0.3 is 16.2 Å². The lowest BCUT2D eigenvalue weighted by Crippen LogP contribution is -2.46. The molecule has 0 aliphatic heterocycles. The summed E-state index contributed by atoms with van der Waals surface area (Å²) < 4.78 is 0. The third-order valence-electron chi connectivity index (χ3n) is 3.93. The second kappa shape index (κ2) is 6.73. The summed E-state index contributed by atoms with van der Waals surface area (Å²) in [4.78, 5) is 23.1. The Morgan fingerprint density at radius 1 is 1.39 bits per heavy atom. The van der Waals surface area contributed by atoms with Gasteiger partial charge in [0.1, 0.15) is 0 Å². The summed E-state index contributed by atoms with van der Waals surface area (Å²) in [6.45, 7) is 2.50. The minimum absolute atomic E-state index is 0.0650. The van der Waals surface area contributed by atoms with Crippen molar-refractivity contribution in [3.63, 3.8) is 0 Å². The van der Waals surface area contributed by atoms with E-state index >= 15 is 0 Å². The van der Waals surface area contributed by atoms with Crippen molar-refractivity contribution in [2.45, 2.75) is 45.4 Å². The van der Waals surface area contributed by atoms with E-state index in [2.05, 4.69) is 5.32 Å². The highest BCUT2D eigenvalue weighted by Gasteiger charge is 2.39. The minimum atomic E-state index is -0.842. The molecule has 0 aromatic rings. The van der Waals surface area contributed by atoms with Crippen LogP contribution in [-0.4, -0.2) is 30.1 Å². The van der Waals surface area contributed by atoms with Crippen molar-refractivity contribution in [1.29, 1.82) is 0 Å². The first-order chi connectivity index (χ1) is 8.55. The molecule has 0 aromatic heterocycles. The summed E-state index contributed by atoms with van der Waals surface area (Å²) >= 11 is 0. The zero-order valence-corrected chi connectivity index (χ0v) is 11.1. The van der Waals surface area contributed by atoms with Gasteiger partial charge in [0.05, 0.1) is 11.3 Å². The highest BCUT2D eigenvalue weighted by molar-refractivity contribution is 5.83. The Hall–Kier alpha value is -1.10. The molecular formula is C13H24N2O3. The molecule has 0 spiro atoms. The van der Waals surface area contributed by atoms with E-state index in [0.29, 0.717) is 13.0 Å². The number of rotatable bonds is 7. The summed E-state index contributed by atoms with van der Waals surface area (Å²) in [5.74, 6) is -1.40. The molecule has 1 aliphatic carbocycles. The Bertz CT molecular complexity index is 299. The van der Waals surface area contributed by atoms with Gasteiger partial charge in [0.2, 0.25) is 5.91 Å². The molecule has 1 aliphatic rings. The molecule has 1 saturated carbocycles. The number of hydrogen-bond acceptors (Lipinski definition) is 3. The fourth-order valence-corrected chi connectivity index (χ4v) is 2.64. The van der Waals surface area contributed by atoms with Crippen LogP contribution in [0.1, 0.15) is 45.4 Å². The molecule has 0 heterocycles. The Balaban J connectivity index is 2.51. The molecule has 5 nitrogen and oxygen atoms in total. The van der Waals surface area contributed by atoms with E-state index in [1.54, 1.807) is 0 Å². The minimum Gasteiger partial charge on any atom is -0.481 e. The Labute approximate surface area is 108 Å². The predicted molar refractivity (Wildman–Crippen MR) is 69.0 cm³/mol. The van der Waals surface area contributed by atoms with Crippen molar-refractivity contribution in [3.8, 4) is 0 Å². The number of hydrogen-bond donors (Lipinski definition) is 3. The smallest absolute Gasteiger partial charge is 0.308 e. The molecule has 1 unspecified atom stereocenters. The highest BCUT2D eigenvalue weighted by atomic mass is 16.4. The lowest BCUT2D eigenvalue weighted by molar-refractivity contribution is -0.142. The van der Waals surface area contributed by atoms with E-state index < -0.39 is 17.3 Å². The topological polar surface area (TPSA) is 92.4 Å². The molecule has 1 rings (SSSR count). The van der Waals surface area contributed by atoms with E-state index in [1.165, 1.54) is 0 Å². The van der Waals surface area contributed by atoms with E-state index in [4.69, 9.17) is 10.8 Å². The fraction of sp³-hybridized carbons (Fsp3) is 0.846. The van der Waals surface area contributed by atoms with Crippen LogP contribution in [0, 0.1) is 11.3 Å². The maximum absolute atomic E-state index is 12.1. The van der Waals surface area contributed by atoms with Crippen molar-refractivity contribution in [2.24, 2.45) is 17.1 Å². The monoisotopic (exact) mass is 256 g/mol. The average Bonchev–Trinajstić information content (AvgIpc) is 2.83. The number of nitrogens with one attached hydrogen (secondary N) is 1. The lowest BCUT2D eigenvalue weighted by Gasteiger charge is -2.26. The molecule has 1 fully saturated rings. The van der Waals surface area contributed by atoms with Crippen molar-refractivity contribution >= 4 is 11.9 Å². The predicted octanol–water partition coefficient (Wildman–Crippen LogP) is 1.12. The van der Waals surface area contributed by atoms with Gasteiger partial charge in [-0.3, -0.25) is 9.59 Å². The van der Waals surface area contributed by atoms with Crippen molar-refractivity contribution in [1.82, 2.24) is 5.32 Å². The third-order valence-corrected chi connectivity index (χ3v) is 3.93. The number of carboxylic acids is 1. The van der Waals surface area contributed by atoms with Gasteiger partial charge in [0, 0.05) is 13.1 Å². The standard InChI is InChI=1S/C13H24N2O3/c1-2-5-10(11(16)17)8-15-12(18)13(9-14)6-3-4-7-13/h10H,2-9,14H2,1H3,(H,15,18)(H,16,17). The van der Waals surface area contributed by atoms with Crippen LogP contribution in [-0.2, 0) is 9.59 Å². The van der Waals surface area contributed by atoms with Crippen LogP contribution in [0.3, 0.4) is 0 Å². The van der Waals surface area contributed by atoms with Crippen molar-refractivity contribution < 1.29 is 14.7 Å². The number of nitrogens with two attached hydrogens (primary N) is 1. The summed E-state index contributed by atoms with van der Waals surface area (Å²) in [6.07, 6.45) is 5.09. The molecule has 1 atom stereocenters. The van der Waals surface area contributed by atoms with Gasteiger partial charge in [-0.15, -0.1) is 0 Å². The molecule has 4 N–H and O–H groups in total. The maximum atomic E-state index is 12.1. The van der Waals surface area contributed by atoms with E-state index in [1.807, 2.05) is 6.92 Å². The SMILES string of the molecule is CCCC(CNC(=O)C1(CN)CCCC1)C(=O)O. The number of carbonyl (C=O) groups excluding carboxylic acids is 1. The molecule has 1 amide bonds. The van der Waals surface area contributed by atoms with Crippen LogP contribution in [0.15, 0.2) is 0 Å². The summed E-state index contributed by atoms with van der Waals surface area (Å²) in [6, 6.07) is 0. The van der Waals surface area contributed by atoms with Crippen LogP contribution in [0.4, 0.5) is 0 Å². The number of carbonyl (C=O) groups is 2. The van der Waals surface area contributed by atoms with Gasteiger partial charge in [-0.25, -0.2) is 0 Å². The van der Waals surface area contributed by atoms with Gasteiger partial charge in [-0.05, 0) is 19.3 Å². The molecule has 0 aromatic carbocycles. The zero-order chi connectivity index (χ0) is 13.6. The molecule has 104 valence electrons. The fourth-order valence-electron chi connectivity index (χ4n) is 2.64. The third kappa shape index (κ3) is 3.45. The molecule has 18 heavy (non-hydrogen) atoms. The lowest BCUT2D eigenvalue weighted by atomic mass is 9.85. The molecule has 5 heteroatoms. The first-order valence-electron chi connectivity index (χ1n) is 6.77. The number of carboxylic acid groups (broad SMARTS) is 1. The normalized spacial score (nSPS) is 19.4. The summed E-state index contributed by atoms with van der Waals surface area (Å²) in [5, 5.41) is 11.8. The average molecular weight is 256 g/mol. The van der Waals surface area contributed by atoms with Crippen LogP contribution in [0.25, 0.3) is 0 Å². The van der Waals surface area contributed by atoms with Crippen LogP contribution >= 0.6 is 0 Å². The number of aliphatic carboxylic acids is 1. The van der Waals surface area contributed by atoms with E-state index in [0.717, 1.165) is 32.1 Å². The molecule has 0 bridgehead atoms. The second-order valence-corrected chi connectivity index (χ2v) is 5.23. The first-order valence-corrected chi connectivity index (χ1v) is 6.77. The zero-order valence-electron chi connectivity index (χ0n) is 11.1. The summed E-state index contributed by atoms with van der Waals surface area (Å²) in [5.41, 5.74) is 5.27. The second-order valence-electron chi connectivity index (χ2n) is 5.23. The van der Waals surface area contributed by atoms with Gasteiger partial charge in [0.25, 0.3) is 0 Å². The van der Waals surface area contributed by atoms with Gasteiger partial charge >= 0.3 is 5.97 Å². The maximum Gasteiger partial charge on any atom is 0.308 e. The van der Waals surface area contributed by atoms with Crippen LogP contribution in [0.5, 0.6) is 0 Å². The number of amides is 1. The Morgan fingerprint density at radius 3 is 2.44 bits per heavy atom. The van der Waals surface area contributed by atoms with E-state index in [9.17, 15) is 9.59 Å². The molecule has 0 radical (unpaired) electrons. The first kappa shape index (κ1) is 15.0. The Kier molecular flexibility index (Phi) is 5.59. The molecule has 0 saturated heterocycles. The van der Waals surface area contributed by atoms with Crippen molar-refractivity contribution in [2.75, 3.05) is 13.1 Å². The van der Waals surface area contributed by atoms with Crippen LogP contribution in [0.2, 0.25) is 0 Å². The van der Waals surface area contributed by atoms with Gasteiger partial charge in [-0.2, -0.15) is 0 Å². The largest absolute Gasteiger partial charge is 0.481 e. The van der Waals surface area contributed by atoms with Gasteiger partial charge in [0.15, 0.2) is 0 Å². The summed E-state index contributed by atoms with van der Waals surface area (Å²) in [7, 11) is 0. The Morgan fingerprint density at radius 2 is 2.00 bits per heavy atom. The van der Waals surface area contributed by atoms with E-state index in [-0.39, 0.29) is 12.5 Å². The van der Waals surface area contributed by atoms with Crippen molar-refractivity contribution in [3.05, 3.63) is 0 Å².